The van der Waals surface area contributed by atoms with Gasteiger partial charge in [0.1, 0.15) is 6.10 Å². The minimum atomic E-state index is -0.680. The lowest BCUT2D eigenvalue weighted by Gasteiger charge is -2.60. The molecular weight excluding hydrogens is 356 g/mol. The average Bonchev–Trinajstić information content (AvgIpc) is 3.00. The van der Waals surface area contributed by atoms with Crippen molar-refractivity contribution in [1.29, 1.82) is 0 Å². The van der Waals surface area contributed by atoms with Crippen molar-refractivity contribution in [1.82, 2.24) is 0 Å². The quantitative estimate of drug-likeness (QED) is 0.559. The summed E-state index contributed by atoms with van der Waals surface area (Å²) in [6, 6.07) is 0. The summed E-state index contributed by atoms with van der Waals surface area (Å²) in [5, 5.41) is 10.2. The SMILES string of the molecule is CC(C)CCC[C@@H](C)[C@H]1CC[C@H]2[C@@H]3CC[C@@H]4C[C@H](O)C(=O)C[C@]4(C)[C@H]3CC[C@]12C. The lowest BCUT2D eigenvalue weighted by atomic mass is 9.44. The largest absolute Gasteiger partial charge is 0.385 e. The number of carbonyl (C=O) groups is 1. The Kier molecular flexibility index (Phi) is 5.99. The van der Waals surface area contributed by atoms with Gasteiger partial charge in [-0.2, -0.15) is 0 Å². The van der Waals surface area contributed by atoms with Crippen molar-refractivity contribution in [3.63, 3.8) is 0 Å². The molecule has 4 fully saturated rings. The second-order valence-corrected chi connectivity index (χ2v) is 12.6. The Morgan fingerprint density at radius 1 is 0.966 bits per heavy atom. The Morgan fingerprint density at radius 3 is 2.41 bits per heavy atom. The van der Waals surface area contributed by atoms with E-state index >= 15 is 0 Å². The molecule has 0 radical (unpaired) electrons. The minimum Gasteiger partial charge on any atom is -0.385 e. The molecule has 0 heterocycles. The van der Waals surface area contributed by atoms with E-state index in [-0.39, 0.29) is 11.2 Å². The fourth-order valence-corrected chi connectivity index (χ4v) is 9.12. The lowest BCUT2D eigenvalue weighted by molar-refractivity contribution is -0.155. The van der Waals surface area contributed by atoms with Gasteiger partial charge in [-0.1, -0.05) is 53.9 Å². The number of aliphatic hydroxyl groups is 1. The highest BCUT2D eigenvalue weighted by Crippen LogP contribution is 2.68. The van der Waals surface area contributed by atoms with Gasteiger partial charge < -0.3 is 5.11 Å². The van der Waals surface area contributed by atoms with Gasteiger partial charge in [-0.05, 0) is 97.2 Å². The number of Topliss-reactive ketones (excluding diaryl/α,β-unsaturated/α-hetero) is 1. The highest BCUT2D eigenvalue weighted by Gasteiger charge is 2.61. The second kappa shape index (κ2) is 7.95. The van der Waals surface area contributed by atoms with Crippen molar-refractivity contribution in [3.8, 4) is 0 Å². The summed E-state index contributed by atoms with van der Waals surface area (Å²) in [7, 11) is 0. The fraction of sp³-hybridized carbons (Fsp3) is 0.963. The van der Waals surface area contributed by atoms with Crippen LogP contribution in [0.3, 0.4) is 0 Å². The molecule has 0 aromatic carbocycles. The first-order valence-corrected chi connectivity index (χ1v) is 12.9. The molecule has 29 heavy (non-hydrogen) atoms. The Hall–Kier alpha value is -0.370. The van der Waals surface area contributed by atoms with Gasteiger partial charge in [0.2, 0.25) is 0 Å². The van der Waals surface area contributed by atoms with Crippen LogP contribution in [0.2, 0.25) is 0 Å². The van der Waals surface area contributed by atoms with Crippen molar-refractivity contribution in [3.05, 3.63) is 0 Å². The highest BCUT2D eigenvalue weighted by molar-refractivity contribution is 5.84. The average molecular weight is 403 g/mol. The summed E-state index contributed by atoms with van der Waals surface area (Å²) in [4.78, 5) is 12.5. The summed E-state index contributed by atoms with van der Waals surface area (Å²) >= 11 is 0. The van der Waals surface area contributed by atoms with Gasteiger partial charge in [-0.25, -0.2) is 0 Å². The lowest BCUT2D eigenvalue weighted by Crippen LogP contribution is -2.56. The zero-order valence-electron chi connectivity index (χ0n) is 19.8. The molecule has 0 aliphatic heterocycles. The smallest absolute Gasteiger partial charge is 0.161 e. The van der Waals surface area contributed by atoms with E-state index in [9.17, 15) is 9.90 Å². The maximum absolute atomic E-state index is 12.5. The van der Waals surface area contributed by atoms with Crippen LogP contribution < -0.4 is 0 Å². The van der Waals surface area contributed by atoms with Crippen LogP contribution in [-0.2, 0) is 4.79 Å². The normalized spacial score (nSPS) is 48.2. The molecule has 4 saturated carbocycles. The maximum atomic E-state index is 12.5. The fourth-order valence-electron chi connectivity index (χ4n) is 9.12. The first kappa shape index (κ1) is 21.8. The van der Waals surface area contributed by atoms with E-state index < -0.39 is 6.10 Å². The molecule has 0 saturated heterocycles. The van der Waals surface area contributed by atoms with Crippen LogP contribution in [0.25, 0.3) is 0 Å². The molecule has 4 rings (SSSR count). The van der Waals surface area contributed by atoms with Gasteiger partial charge in [0.05, 0.1) is 0 Å². The molecule has 2 heteroatoms. The molecule has 0 bridgehead atoms. The third-order valence-electron chi connectivity index (χ3n) is 10.7. The van der Waals surface area contributed by atoms with Crippen molar-refractivity contribution in [2.75, 3.05) is 0 Å². The van der Waals surface area contributed by atoms with Crippen LogP contribution in [-0.4, -0.2) is 17.0 Å². The molecule has 2 nitrogen and oxygen atoms in total. The molecule has 0 aromatic heterocycles. The van der Waals surface area contributed by atoms with Crippen LogP contribution in [0, 0.1) is 52.3 Å². The van der Waals surface area contributed by atoms with Crippen LogP contribution in [0.5, 0.6) is 0 Å². The highest BCUT2D eigenvalue weighted by atomic mass is 16.3. The van der Waals surface area contributed by atoms with Crippen LogP contribution in [0.1, 0.15) is 105 Å². The molecule has 0 amide bonds. The molecule has 4 aliphatic rings. The zero-order valence-corrected chi connectivity index (χ0v) is 19.8. The third-order valence-corrected chi connectivity index (χ3v) is 10.7. The molecule has 1 N–H and O–H groups in total. The third kappa shape index (κ3) is 3.64. The summed E-state index contributed by atoms with van der Waals surface area (Å²) < 4.78 is 0. The van der Waals surface area contributed by atoms with E-state index in [2.05, 4.69) is 34.6 Å². The van der Waals surface area contributed by atoms with E-state index in [1.807, 2.05) is 0 Å². The van der Waals surface area contributed by atoms with Crippen molar-refractivity contribution < 1.29 is 9.90 Å². The van der Waals surface area contributed by atoms with Gasteiger partial charge in [0.15, 0.2) is 5.78 Å². The molecule has 9 atom stereocenters. The van der Waals surface area contributed by atoms with Gasteiger partial charge in [-0.15, -0.1) is 0 Å². The number of hydrogen-bond donors (Lipinski definition) is 1. The first-order valence-electron chi connectivity index (χ1n) is 12.9. The summed E-state index contributed by atoms with van der Waals surface area (Å²) in [6.07, 6.45) is 13.0. The maximum Gasteiger partial charge on any atom is 0.161 e. The predicted molar refractivity (Wildman–Crippen MR) is 119 cm³/mol. The molecule has 0 spiro atoms. The number of rotatable bonds is 5. The van der Waals surface area contributed by atoms with Crippen LogP contribution in [0.15, 0.2) is 0 Å². The monoisotopic (exact) mass is 402 g/mol. The number of hydrogen-bond acceptors (Lipinski definition) is 2. The molecule has 166 valence electrons. The van der Waals surface area contributed by atoms with E-state index in [1.54, 1.807) is 0 Å². The molecule has 0 unspecified atom stereocenters. The van der Waals surface area contributed by atoms with Crippen molar-refractivity contribution >= 4 is 5.78 Å². The summed E-state index contributed by atoms with van der Waals surface area (Å²) in [5.74, 6) is 5.70. The second-order valence-electron chi connectivity index (χ2n) is 12.6. The van der Waals surface area contributed by atoms with E-state index in [1.165, 1.54) is 57.8 Å². The molecular formula is C27H46O2. The first-order chi connectivity index (χ1) is 13.7. The number of ketones is 1. The number of fused-ring (bicyclic) bond motifs is 5. The Labute approximate surface area is 179 Å². The van der Waals surface area contributed by atoms with Gasteiger partial charge in [-0.3, -0.25) is 4.79 Å². The molecule has 4 aliphatic carbocycles. The van der Waals surface area contributed by atoms with Gasteiger partial charge in [0, 0.05) is 6.42 Å². The van der Waals surface area contributed by atoms with Crippen molar-refractivity contribution in [2.45, 2.75) is 111 Å². The Morgan fingerprint density at radius 2 is 1.69 bits per heavy atom. The Balaban J connectivity index is 1.48. The minimum absolute atomic E-state index is 0.126. The van der Waals surface area contributed by atoms with Crippen LogP contribution in [0.4, 0.5) is 0 Å². The zero-order chi connectivity index (χ0) is 21.0. The number of carbonyl (C=O) groups excluding carboxylic acids is 1. The van der Waals surface area contributed by atoms with E-state index in [4.69, 9.17) is 0 Å². The van der Waals surface area contributed by atoms with Gasteiger partial charge in [0.25, 0.3) is 0 Å². The standard InChI is InChI=1S/C27H46O2/c1-17(2)7-6-8-18(3)21-11-12-22-20-10-9-19-15-24(28)25(29)16-27(19,5)23(20)13-14-26(21,22)4/h17-24,28H,6-16H2,1-5H3/t18-,19-,20+,21-,22+,23+,24+,26-,27+/m1/s1. The van der Waals surface area contributed by atoms with E-state index in [0.29, 0.717) is 23.7 Å². The van der Waals surface area contributed by atoms with Crippen molar-refractivity contribution in [2.24, 2.45) is 52.3 Å². The molecule has 0 aromatic rings. The number of aliphatic hydroxyl groups excluding tert-OH is 1. The summed E-state index contributed by atoms with van der Waals surface area (Å²) in [5.41, 5.74) is 0.682. The predicted octanol–water partition coefficient (Wildman–Crippen LogP) is 6.65. The van der Waals surface area contributed by atoms with Gasteiger partial charge >= 0.3 is 0 Å². The Bertz CT molecular complexity index is 612. The summed E-state index contributed by atoms with van der Waals surface area (Å²) in [6.45, 7) is 12.3. The van der Waals surface area contributed by atoms with E-state index in [0.717, 1.165) is 36.0 Å². The topological polar surface area (TPSA) is 37.3 Å². The van der Waals surface area contributed by atoms with Crippen LogP contribution >= 0.6 is 0 Å².